The summed E-state index contributed by atoms with van der Waals surface area (Å²) in [5, 5.41) is 1.99. The topological polar surface area (TPSA) is 63.4 Å². The van der Waals surface area contributed by atoms with Gasteiger partial charge in [-0.05, 0) is 42.7 Å². The summed E-state index contributed by atoms with van der Waals surface area (Å²) in [4.78, 5) is 28.5. The van der Waals surface area contributed by atoms with E-state index in [9.17, 15) is 9.59 Å². The molecular weight excluding hydrogens is 332 g/mol. The third-order valence-corrected chi connectivity index (χ3v) is 6.66. The molecule has 130 valence electrons. The van der Waals surface area contributed by atoms with Crippen LogP contribution in [0.25, 0.3) is 0 Å². The van der Waals surface area contributed by atoms with Gasteiger partial charge in [-0.2, -0.15) is 0 Å². The molecule has 0 radical (unpaired) electrons. The summed E-state index contributed by atoms with van der Waals surface area (Å²) >= 11 is 1.60. The average Bonchev–Trinajstić information content (AvgIpc) is 3.31. The Morgan fingerprint density at radius 2 is 1.96 bits per heavy atom. The van der Waals surface area contributed by atoms with Crippen molar-refractivity contribution >= 4 is 23.2 Å². The average molecular weight is 354 g/mol. The highest BCUT2D eigenvalue weighted by atomic mass is 32.1. The number of amides is 2. The van der Waals surface area contributed by atoms with Crippen molar-refractivity contribution in [2.75, 3.05) is 0 Å². The number of fused-ring (bicyclic) bond motifs is 2. The van der Waals surface area contributed by atoms with Crippen molar-refractivity contribution in [1.29, 1.82) is 0 Å². The fraction of sp³-hybridized carbons (Fsp3) is 0.400. The van der Waals surface area contributed by atoms with Crippen LogP contribution < -0.4 is 5.73 Å². The molecule has 1 aromatic carbocycles. The molecule has 1 aromatic heterocycles. The third kappa shape index (κ3) is 2.76. The molecule has 2 bridgehead atoms. The van der Waals surface area contributed by atoms with Gasteiger partial charge in [0.05, 0.1) is 11.8 Å². The molecule has 4 rings (SSSR count). The van der Waals surface area contributed by atoms with Crippen LogP contribution >= 0.6 is 11.3 Å². The first-order valence-electron chi connectivity index (χ1n) is 8.77. The van der Waals surface area contributed by atoms with Gasteiger partial charge in [-0.15, -0.1) is 11.3 Å². The minimum Gasteiger partial charge on any atom is -0.369 e. The van der Waals surface area contributed by atoms with E-state index in [2.05, 4.69) is 0 Å². The predicted molar refractivity (Wildman–Crippen MR) is 98.1 cm³/mol. The van der Waals surface area contributed by atoms with Gasteiger partial charge in [0.15, 0.2) is 0 Å². The fourth-order valence-corrected chi connectivity index (χ4v) is 5.41. The van der Waals surface area contributed by atoms with Crippen LogP contribution in [-0.4, -0.2) is 28.8 Å². The Morgan fingerprint density at radius 3 is 2.64 bits per heavy atom. The number of carbonyl (C=O) groups is 2. The monoisotopic (exact) mass is 354 g/mol. The number of benzene rings is 1. The second kappa shape index (κ2) is 6.30. The highest BCUT2D eigenvalue weighted by molar-refractivity contribution is 7.10. The first-order chi connectivity index (χ1) is 12.1. The zero-order chi connectivity index (χ0) is 17.4. The van der Waals surface area contributed by atoms with Crippen molar-refractivity contribution < 1.29 is 9.59 Å². The molecule has 0 unspecified atom stereocenters. The van der Waals surface area contributed by atoms with E-state index in [1.165, 1.54) is 0 Å². The zero-order valence-corrected chi connectivity index (χ0v) is 14.9. The van der Waals surface area contributed by atoms with E-state index in [1.54, 1.807) is 11.3 Å². The van der Waals surface area contributed by atoms with Gasteiger partial charge >= 0.3 is 0 Å². The number of carbonyl (C=O) groups excluding carboxylic acids is 2. The molecular formula is C20H22N2O2S. The van der Waals surface area contributed by atoms with E-state index in [0.717, 1.165) is 23.3 Å². The number of thiophene rings is 1. The van der Waals surface area contributed by atoms with E-state index in [1.807, 2.05) is 52.7 Å². The Labute approximate surface area is 151 Å². The van der Waals surface area contributed by atoms with Crippen LogP contribution in [0, 0.1) is 5.41 Å². The normalized spacial score (nSPS) is 27.6. The first-order valence-corrected chi connectivity index (χ1v) is 9.65. The lowest BCUT2D eigenvalue weighted by Crippen LogP contribution is -2.49. The second-order valence-electron chi connectivity index (χ2n) is 7.19. The lowest BCUT2D eigenvalue weighted by atomic mass is 9.69. The molecule has 5 heteroatoms. The fourth-order valence-electron chi connectivity index (χ4n) is 4.72. The van der Waals surface area contributed by atoms with Crippen LogP contribution in [-0.2, 0) is 22.4 Å². The van der Waals surface area contributed by atoms with Crippen molar-refractivity contribution in [3.63, 3.8) is 0 Å². The molecule has 0 spiro atoms. The Morgan fingerprint density at radius 1 is 1.16 bits per heavy atom. The number of hydrogen-bond acceptors (Lipinski definition) is 3. The molecule has 2 saturated heterocycles. The molecule has 2 aliphatic heterocycles. The Bertz CT molecular complexity index is 774. The molecule has 0 saturated carbocycles. The van der Waals surface area contributed by atoms with Crippen LogP contribution in [0.1, 0.15) is 29.7 Å². The smallest absolute Gasteiger partial charge is 0.228 e. The van der Waals surface area contributed by atoms with Gasteiger partial charge in [0.25, 0.3) is 0 Å². The van der Waals surface area contributed by atoms with Gasteiger partial charge in [0, 0.05) is 17.0 Å². The van der Waals surface area contributed by atoms with Crippen molar-refractivity contribution in [1.82, 2.24) is 4.90 Å². The maximum atomic E-state index is 12.9. The molecule has 2 aliphatic rings. The van der Waals surface area contributed by atoms with Crippen LogP contribution in [0.5, 0.6) is 0 Å². The van der Waals surface area contributed by atoms with Crippen LogP contribution in [0.4, 0.5) is 0 Å². The molecule has 25 heavy (non-hydrogen) atoms. The molecule has 2 aromatic rings. The van der Waals surface area contributed by atoms with Gasteiger partial charge in [-0.1, -0.05) is 36.4 Å². The van der Waals surface area contributed by atoms with Crippen molar-refractivity contribution in [3.05, 3.63) is 58.3 Å². The molecule has 2 fully saturated rings. The van der Waals surface area contributed by atoms with E-state index >= 15 is 0 Å². The largest absolute Gasteiger partial charge is 0.369 e. The Hall–Kier alpha value is -2.14. The van der Waals surface area contributed by atoms with Gasteiger partial charge in [0.2, 0.25) is 11.8 Å². The van der Waals surface area contributed by atoms with Crippen LogP contribution in [0.15, 0.2) is 47.8 Å². The summed E-state index contributed by atoms with van der Waals surface area (Å²) in [5.41, 5.74) is 6.37. The second-order valence-corrected chi connectivity index (χ2v) is 8.22. The summed E-state index contributed by atoms with van der Waals surface area (Å²) in [6, 6.07) is 14.0. The predicted octanol–water partition coefficient (Wildman–Crippen LogP) is 2.77. The molecule has 0 aliphatic carbocycles. The maximum Gasteiger partial charge on any atom is 0.228 e. The molecule has 3 heterocycles. The third-order valence-electron chi connectivity index (χ3n) is 5.79. The number of nitrogens with two attached hydrogens (primary N) is 1. The molecule has 2 amide bonds. The quantitative estimate of drug-likeness (QED) is 0.897. The Balaban J connectivity index is 1.60. The first kappa shape index (κ1) is 16.3. The SMILES string of the molecule is NC(=O)[C@]1(Cc2ccccc2)C[C@@H]2CC[C@H]1N2C(=O)Cc1cccs1. The van der Waals surface area contributed by atoms with Crippen LogP contribution in [0.2, 0.25) is 0 Å². The number of primary amides is 1. The maximum absolute atomic E-state index is 12.9. The van der Waals surface area contributed by atoms with Crippen molar-refractivity contribution in [2.24, 2.45) is 11.1 Å². The minimum absolute atomic E-state index is 0.0670. The van der Waals surface area contributed by atoms with Gasteiger partial charge in [-0.3, -0.25) is 9.59 Å². The Kier molecular flexibility index (Phi) is 4.12. The summed E-state index contributed by atoms with van der Waals surface area (Å²) in [5.74, 6) is -0.136. The zero-order valence-electron chi connectivity index (χ0n) is 14.1. The molecule has 2 N–H and O–H groups in total. The lowest BCUT2D eigenvalue weighted by Gasteiger charge is -2.34. The number of hydrogen-bond donors (Lipinski definition) is 1. The van der Waals surface area contributed by atoms with E-state index in [0.29, 0.717) is 19.3 Å². The van der Waals surface area contributed by atoms with Gasteiger partial charge in [0.1, 0.15) is 0 Å². The number of nitrogens with zero attached hydrogens (tertiary/aromatic N) is 1. The highest BCUT2D eigenvalue weighted by Gasteiger charge is 2.60. The highest BCUT2D eigenvalue weighted by Crippen LogP contribution is 2.51. The van der Waals surface area contributed by atoms with Gasteiger partial charge in [-0.25, -0.2) is 0 Å². The van der Waals surface area contributed by atoms with Crippen LogP contribution in [0.3, 0.4) is 0 Å². The molecule has 3 atom stereocenters. The van der Waals surface area contributed by atoms with Crippen molar-refractivity contribution in [2.45, 2.75) is 44.2 Å². The summed E-state index contributed by atoms with van der Waals surface area (Å²) < 4.78 is 0. The van der Waals surface area contributed by atoms with E-state index in [4.69, 9.17) is 5.73 Å². The summed E-state index contributed by atoms with van der Waals surface area (Å²) in [6.07, 6.45) is 3.58. The minimum atomic E-state index is -0.630. The van der Waals surface area contributed by atoms with Crippen molar-refractivity contribution in [3.8, 4) is 0 Å². The van der Waals surface area contributed by atoms with E-state index < -0.39 is 5.41 Å². The number of rotatable bonds is 5. The summed E-state index contributed by atoms with van der Waals surface area (Å²) in [7, 11) is 0. The van der Waals surface area contributed by atoms with Gasteiger partial charge < -0.3 is 10.6 Å². The van der Waals surface area contributed by atoms with E-state index in [-0.39, 0.29) is 23.9 Å². The standard InChI is InChI=1S/C20H22N2O2S/c21-19(24)20(12-14-5-2-1-3-6-14)13-15-8-9-17(20)22(15)18(23)11-16-7-4-10-25-16/h1-7,10,15,17H,8-9,11-13H2,(H2,21,24)/t15-,17+,20+/m0/s1. The summed E-state index contributed by atoms with van der Waals surface area (Å²) in [6.45, 7) is 0. The molecule has 4 nitrogen and oxygen atoms in total. The lowest BCUT2D eigenvalue weighted by molar-refractivity contribution is -0.134.